The second kappa shape index (κ2) is 11.6. The van der Waals surface area contributed by atoms with Crippen molar-refractivity contribution in [1.29, 1.82) is 0 Å². The molecular formula is C19H34N2O8S2. The number of hydrogen-bond donors (Lipinski definition) is 0. The highest BCUT2D eigenvalue weighted by atomic mass is 32.2. The molecule has 2 aliphatic rings. The van der Waals surface area contributed by atoms with E-state index in [9.17, 15) is 26.4 Å². The molecule has 10 nitrogen and oxygen atoms in total. The van der Waals surface area contributed by atoms with E-state index in [0.717, 1.165) is 0 Å². The quantitative estimate of drug-likeness (QED) is 0.327. The number of nitrogens with zero attached hydrogens (tertiary/aromatic N) is 2. The maximum atomic E-state index is 12.2. The third kappa shape index (κ3) is 7.40. The summed E-state index contributed by atoms with van der Waals surface area (Å²) in [4.78, 5) is 24.3. The largest absolute Gasteiger partial charge is 0.465 e. The van der Waals surface area contributed by atoms with Gasteiger partial charge in [-0.2, -0.15) is 0 Å². The summed E-state index contributed by atoms with van der Waals surface area (Å²) in [6.45, 7) is 4.76. The van der Waals surface area contributed by atoms with Gasteiger partial charge in [0.25, 0.3) is 0 Å². The molecule has 0 atom stereocenters. The van der Waals surface area contributed by atoms with Crippen LogP contribution in [0.25, 0.3) is 0 Å². The Balaban J connectivity index is 1.59. The zero-order chi connectivity index (χ0) is 23.1. The summed E-state index contributed by atoms with van der Waals surface area (Å²) < 4.78 is 60.8. The molecule has 0 radical (unpaired) electrons. The van der Waals surface area contributed by atoms with E-state index in [1.165, 1.54) is 8.61 Å². The molecule has 31 heavy (non-hydrogen) atoms. The van der Waals surface area contributed by atoms with Crippen LogP contribution >= 0.6 is 0 Å². The van der Waals surface area contributed by atoms with E-state index in [1.807, 2.05) is 0 Å². The van der Waals surface area contributed by atoms with Gasteiger partial charge in [0, 0.05) is 32.6 Å². The zero-order valence-electron chi connectivity index (χ0n) is 18.3. The lowest BCUT2D eigenvalue weighted by molar-refractivity contribution is -0.152. The number of ether oxygens (including phenoxy) is 2. The van der Waals surface area contributed by atoms with Crippen molar-refractivity contribution in [1.82, 2.24) is 8.61 Å². The number of rotatable bonds is 10. The van der Waals surface area contributed by atoms with Gasteiger partial charge < -0.3 is 9.47 Å². The van der Waals surface area contributed by atoms with E-state index in [-0.39, 0.29) is 48.5 Å². The van der Waals surface area contributed by atoms with Gasteiger partial charge in [-0.1, -0.05) is 0 Å². The average molecular weight is 483 g/mol. The van der Waals surface area contributed by atoms with Gasteiger partial charge in [0.1, 0.15) is 0 Å². The number of hydrogen-bond acceptors (Lipinski definition) is 8. The first kappa shape index (κ1) is 26.0. The van der Waals surface area contributed by atoms with Crippen LogP contribution in [0.2, 0.25) is 0 Å². The SMILES string of the molecule is CCS(=O)(=O)N1CCC(C(=O)OCCCOC(=O)C2CCN(S(=O)(=O)CC)CC2)CC1. The Morgan fingerprint density at radius 3 is 1.32 bits per heavy atom. The van der Waals surface area contributed by atoms with Gasteiger partial charge in [0.05, 0.1) is 36.6 Å². The Hall–Kier alpha value is -1.24. The highest BCUT2D eigenvalue weighted by molar-refractivity contribution is 7.89. The van der Waals surface area contributed by atoms with Crippen LogP contribution in [-0.2, 0) is 39.1 Å². The molecule has 2 aliphatic heterocycles. The predicted molar refractivity (Wildman–Crippen MR) is 114 cm³/mol. The summed E-state index contributed by atoms with van der Waals surface area (Å²) in [5.74, 6) is -1.20. The third-order valence-corrected chi connectivity index (χ3v) is 9.63. The highest BCUT2D eigenvalue weighted by Gasteiger charge is 2.32. The number of carbonyl (C=O) groups is 2. The first-order chi connectivity index (χ1) is 14.6. The maximum Gasteiger partial charge on any atom is 0.309 e. The van der Waals surface area contributed by atoms with Gasteiger partial charge in [-0.05, 0) is 39.5 Å². The molecule has 0 aromatic heterocycles. The Morgan fingerprint density at radius 2 is 1.03 bits per heavy atom. The number of sulfonamides is 2. The lowest BCUT2D eigenvalue weighted by Gasteiger charge is -2.30. The lowest BCUT2D eigenvalue weighted by Crippen LogP contribution is -2.41. The lowest BCUT2D eigenvalue weighted by atomic mass is 9.98. The van der Waals surface area contributed by atoms with Crippen molar-refractivity contribution < 1.29 is 35.9 Å². The van der Waals surface area contributed by atoms with Crippen molar-refractivity contribution >= 4 is 32.0 Å². The molecule has 0 unspecified atom stereocenters. The number of esters is 2. The molecule has 0 amide bonds. The molecule has 2 heterocycles. The number of piperidine rings is 2. The molecule has 0 spiro atoms. The predicted octanol–water partition coefficient (Wildman–Crippen LogP) is 0.586. The van der Waals surface area contributed by atoms with Crippen LogP contribution in [-0.4, -0.2) is 88.3 Å². The molecule has 2 fully saturated rings. The minimum atomic E-state index is -3.22. The minimum absolute atomic E-state index is 0.0534. The van der Waals surface area contributed by atoms with Gasteiger partial charge in [0.2, 0.25) is 20.0 Å². The first-order valence-corrected chi connectivity index (χ1v) is 14.1. The Labute approximate surface area is 185 Å². The molecule has 12 heteroatoms. The minimum Gasteiger partial charge on any atom is -0.465 e. The van der Waals surface area contributed by atoms with E-state index >= 15 is 0 Å². The van der Waals surface area contributed by atoms with Crippen LogP contribution in [0.5, 0.6) is 0 Å². The van der Waals surface area contributed by atoms with Crippen molar-refractivity contribution in [2.24, 2.45) is 11.8 Å². The van der Waals surface area contributed by atoms with Crippen LogP contribution in [0.1, 0.15) is 46.0 Å². The topological polar surface area (TPSA) is 127 Å². The number of carbonyl (C=O) groups excluding carboxylic acids is 2. The van der Waals surface area contributed by atoms with Crippen LogP contribution in [0, 0.1) is 11.8 Å². The molecule has 0 bridgehead atoms. The van der Waals surface area contributed by atoms with Crippen LogP contribution < -0.4 is 0 Å². The second-order valence-electron chi connectivity index (χ2n) is 7.84. The van der Waals surface area contributed by atoms with E-state index in [2.05, 4.69) is 0 Å². The van der Waals surface area contributed by atoms with Gasteiger partial charge >= 0.3 is 11.9 Å². The molecule has 180 valence electrons. The average Bonchev–Trinajstić information content (AvgIpc) is 2.78. The molecule has 0 aromatic rings. The zero-order valence-corrected chi connectivity index (χ0v) is 20.0. The molecule has 0 aromatic carbocycles. The standard InChI is InChI=1S/C19H34N2O8S2/c1-3-30(24,25)20-10-6-16(7-11-20)18(22)28-14-5-15-29-19(23)17-8-12-21(13-9-17)31(26,27)4-2/h16-17H,3-15H2,1-2H3. The summed E-state index contributed by atoms with van der Waals surface area (Å²) in [7, 11) is -6.45. The smallest absolute Gasteiger partial charge is 0.309 e. The molecular weight excluding hydrogens is 448 g/mol. The van der Waals surface area contributed by atoms with E-state index in [0.29, 0.717) is 58.3 Å². The van der Waals surface area contributed by atoms with Crippen LogP contribution in [0.3, 0.4) is 0 Å². The van der Waals surface area contributed by atoms with Gasteiger partial charge in [-0.3, -0.25) is 9.59 Å². The van der Waals surface area contributed by atoms with E-state index in [4.69, 9.17) is 9.47 Å². The first-order valence-electron chi connectivity index (χ1n) is 10.9. The summed E-state index contributed by atoms with van der Waals surface area (Å²) in [6.07, 6.45) is 2.15. The fourth-order valence-electron chi connectivity index (χ4n) is 3.74. The van der Waals surface area contributed by atoms with E-state index in [1.54, 1.807) is 13.8 Å². The summed E-state index contributed by atoms with van der Waals surface area (Å²) in [6, 6.07) is 0. The van der Waals surface area contributed by atoms with Gasteiger partial charge in [0.15, 0.2) is 0 Å². The monoisotopic (exact) mass is 482 g/mol. The Kier molecular flexibility index (Phi) is 9.71. The van der Waals surface area contributed by atoms with Gasteiger partial charge in [-0.15, -0.1) is 0 Å². The maximum absolute atomic E-state index is 12.2. The Morgan fingerprint density at radius 1 is 0.710 bits per heavy atom. The Bertz CT molecular complexity index is 744. The van der Waals surface area contributed by atoms with Crippen LogP contribution in [0.15, 0.2) is 0 Å². The fraction of sp³-hybridized carbons (Fsp3) is 0.895. The summed E-state index contributed by atoms with van der Waals surface area (Å²) >= 11 is 0. The van der Waals surface area contributed by atoms with Gasteiger partial charge in [-0.25, -0.2) is 25.4 Å². The normalized spacial score (nSPS) is 20.5. The van der Waals surface area contributed by atoms with Crippen molar-refractivity contribution in [3.63, 3.8) is 0 Å². The molecule has 0 N–H and O–H groups in total. The molecule has 2 saturated heterocycles. The van der Waals surface area contributed by atoms with Crippen molar-refractivity contribution in [3.8, 4) is 0 Å². The fourth-order valence-corrected chi connectivity index (χ4v) is 6.01. The van der Waals surface area contributed by atoms with Crippen molar-refractivity contribution in [2.45, 2.75) is 46.0 Å². The molecule has 0 saturated carbocycles. The molecule has 2 rings (SSSR count). The summed E-state index contributed by atoms with van der Waals surface area (Å²) in [5, 5.41) is 0. The summed E-state index contributed by atoms with van der Waals surface area (Å²) in [5.41, 5.74) is 0. The van der Waals surface area contributed by atoms with Crippen LogP contribution in [0.4, 0.5) is 0 Å². The van der Waals surface area contributed by atoms with Crippen molar-refractivity contribution in [3.05, 3.63) is 0 Å². The van der Waals surface area contributed by atoms with E-state index < -0.39 is 20.0 Å². The van der Waals surface area contributed by atoms with Crippen molar-refractivity contribution in [2.75, 3.05) is 50.9 Å². The third-order valence-electron chi connectivity index (χ3n) is 5.87. The molecule has 0 aliphatic carbocycles. The highest BCUT2D eigenvalue weighted by Crippen LogP contribution is 2.22. The second-order valence-corrected chi connectivity index (χ2v) is 12.4.